The second kappa shape index (κ2) is 19.2. The molecule has 3 unspecified atom stereocenters. The van der Waals surface area contributed by atoms with Gasteiger partial charge in [-0.2, -0.15) is 5.26 Å². The van der Waals surface area contributed by atoms with E-state index in [-0.39, 0.29) is 18.2 Å². The number of rotatable bonds is 21. The lowest BCUT2D eigenvalue weighted by atomic mass is 9.99. The molecule has 1 fully saturated rings. The number of nitrogens with zero attached hydrogens (tertiary/aromatic N) is 3. The lowest BCUT2D eigenvalue weighted by Crippen LogP contribution is -2.51. The number of benzene rings is 1. The molecule has 0 spiro atoms. The third-order valence-electron chi connectivity index (χ3n) is 8.88. The summed E-state index contributed by atoms with van der Waals surface area (Å²) in [5.41, 5.74) is 1.26. The highest BCUT2D eigenvalue weighted by Gasteiger charge is 2.34. The molecule has 5 nitrogen and oxygen atoms in total. The van der Waals surface area contributed by atoms with Gasteiger partial charge >= 0.3 is 0 Å². The molecule has 2 heterocycles. The summed E-state index contributed by atoms with van der Waals surface area (Å²) in [5, 5.41) is 11.0. The second-order valence-corrected chi connectivity index (χ2v) is 12.0. The minimum Gasteiger partial charge on any atom is -0.379 e. The van der Waals surface area contributed by atoms with Gasteiger partial charge in [-0.15, -0.1) is 0 Å². The predicted octanol–water partition coefficient (Wildman–Crippen LogP) is 9.43. The molecule has 1 aromatic heterocycles. The van der Waals surface area contributed by atoms with Gasteiger partial charge in [-0.3, -0.25) is 0 Å². The molecule has 1 aliphatic rings. The smallest absolute Gasteiger partial charge is 0.110 e. The first-order valence-electron chi connectivity index (χ1n) is 16.6. The van der Waals surface area contributed by atoms with Gasteiger partial charge in [0.05, 0.1) is 30.9 Å². The Morgan fingerprint density at radius 1 is 0.900 bits per heavy atom. The molecule has 1 aliphatic heterocycles. The number of para-hydroxylation sites is 1. The van der Waals surface area contributed by atoms with Crippen molar-refractivity contribution < 1.29 is 9.47 Å². The fourth-order valence-corrected chi connectivity index (χ4v) is 6.38. The fourth-order valence-electron chi connectivity index (χ4n) is 6.38. The maximum absolute atomic E-state index is 9.76. The Balaban J connectivity index is 1.41. The molecule has 3 atom stereocenters. The van der Waals surface area contributed by atoms with Gasteiger partial charge in [-0.05, 0) is 31.9 Å². The van der Waals surface area contributed by atoms with Crippen LogP contribution in [-0.2, 0) is 16.0 Å². The van der Waals surface area contributed by atoms with Gasteiger partial charge in [0.25, 0.3) is 0 Å². The zero-order valence-electron chi connectivity index (χ0n) is 25.9. The average Bonchev–Trinajstić information content (AvgIpc) is 3.34. The van der Waals surface area contributed by atoms with Crippen molar-refractivity contribution in [2.45, 2.75) is 148 Å². The molecule has 0 bridgehead atoms. The van der Waals surface area contributed by atoms with E-state index in [9.17, 15) is 5.26 Å². The lowest BCUT2D eigenvalue weighted by Gasteiger charge is -2.41. The first kappa shape index (κ1) is 32.5. The number of aryl methyl sites for hydroxylation is 1. The van der Waals surface area contributed by atoms with Crippen LogP contribution < -0.4 is 4.90 Å². The van der Waals surface area contributed by atoms with E-state index in [1.807, 2.05) is 0 Å². The maximum atomic E-state index is 9.76. The van der Waals surface area contributed by atoms with Crippen LogP contribution in [0.1, 0.15) is 123 Å². The number of methoxy groups -OCH3 is 1. The molecule has 1 aromatic carbocycles. The van der Waals surface area contributed by atoms with Crippen LogP contribution in [0.25, 0.3) is 10.9 Å². The minimum atomic E-state index is 0.0572. The fraction of sp³-hybridized carbons (Fsp3) is 0.743. The largest absolute Gasteiger partial charge is 0.379 e. The van der Waals surface area contributed by atoms with Crippen molar-refractivity contribution in [3.63, 3.8) is 0 Å². The molecule has 2 aromatic rings. The van der Waals surface area contributed by atoms with Gasteiger partial charge in [0.15, 0.2) is 0 Å². The topological polar surface area (TPSA) is 50.4 Å². The standard InChI is InChI=1S/C35H57N3O2/c1-4-5-6-7-8-9-10-11-12-13-14-15-16-17-18-21-25-37-33-23-20-19-22-31(33)27-35(37)38(26-24-36)34-28-32(39-3)29-40-30(34)2/h19-20,22-23,27,30,32,34H,4-18,21,25-26,28-29H2,1-3H3. The highest BCUT2D eigenvalue weighted by atomic mass is 16.5. The van der Waals surface area contributed by atoms with E-state index in [0.29, 0.717) is 13.2 Å². The quantitative estimate of drug-likeness (QED) is 0.114. The number of anilines is 1. The third kappa shape index (κ3) is 10.4. The van der Waals surface area contributed by atoms with Crippen molar-refractivity contribution in [3.05, 3.63) is 30.3 Å². The molecule has 40 heavy (non-hydrogen) atoms. The number of ether oxygens (including phenoxy) is 2. The molecular formula is C35H57N3O2. The Morgan fingerprint density at radius 2 is 1.48 bits per heavy atom. The van der Waals surface area contributed by atoms with Crippen LogP contribution >= 0.6 is 0 Å². The van der Waals surface area contributed by atoms with Gasteiger partial charge in [-0.1, -0.05) is 121 Å². The summed E-state index contributed by atoms with van der Waals surface area (Å²) in [6, 6.07) is 13.4. The van der Waals surface area contributed by atoms with Crippen molar-refractivity contribution in [1.82, 2.24) is 4.57 Å². The molecule has 0 aliphatic carbocycles. The van der Waals surface area contributed by atoms with E-state index in [1.54, 1.807) is 7.11 Å². The summed E-state index contributed by atoms with van der Waals surface area (Å²) in [6.45, 7) is 6.38. The van der Waals surface area contributed by atoms with Crippen LogP contribution in [0.2, 0.25) is 0 Å². The summed E-state index contributed by atoms with van der Waals surface area (Å²) < 4.78 is 14.2. The SMILES string of the molecule is CCCCCCCCCCCCCCCCCCn1c(N(CC#N)C2CC(OC)COC2C)cc2ccccc21. The van der Waals surface area contributed by atoms with Crippen LogP contribution in [0.15, 0.2) is 30.3 Å². The van der Waals surface area contributed by atoms with Crippen molar-refractivity contribution in [3.8, 4) is 6.07 Å². The Labute approximate surface area is 245 Å². The molecule has 3 rings (SSSR count). The normalized spacial score (nSPS) is 19.2. The van der Waals surface area contributed by atoms with Crippen LogP contribution in [0, 0.1) is 11.3 Å². The van der Waals surface area contributed by atoms with E-state index in [1.165, 1.54) is 114 Å². The zero-order chi connectivity index (χ0) is 28.4. The van der Waals surface area contributed by atoms with Crippen molar-refractivity contribution in [2.75, 3.05) is 25.2 Å². The molecule has 0 amide bonds. The van der Waals surface area contributed by atoms with E-state index >= 15 is 0 Å². The predicted molar refractivity (Wildman–Crippen MR) is 169 cm³/mol. The van der Waals surface area contributed by atoms with Crippen LogP contribution in [0.3, 0.4) is 0 Å². The minimum absolute atomic E-state index is 0.0572. The summed E-state index contributed by atoms with van der Waals surface area (Å²) in [4.78, 5) is 2.27. The van der Waals surface area contributed by atoms with E-state index in [4.69, 9.17) is 9.47 Å². The number of aromatic nitrogens is 1. The van der Waals surface area contributed by atoms with Gasteiger partial charge in [-0.25, -0.2) is 0 Å². The van der Waals surface area contributed by atoms with Gasteiger partial charge in [0.1, 0.15) is 12.4 Å². The highest BCUT2D eigenvalue weighted by Crippen LogP contribution is 2.32. The Kier molecular flexibility index (Phi) is 15.6. The monoisotopic (exact) mass is 551 g/mol. The van der Waals surface area contributed by atoms with Crippen molar-refractivity contribution in [2.24, 2.45) is 0 Å². The maximum Gasteiger partial charge on any atom is 0.110 e. The summed E-state index contributed by atoms with van der Waals surface area (Å²) >= 11 is 0. The number of hydrogen-bond donors (Lipinski definition) is 0. The zero-order valence-corrected chi connectivity index (χ0v) is 25.9. The molecule has 0 saturated carbocycles. The summed E-state index contributed by atoms with van der Waals surface area (Å²) in [5.74, 6) is 1.14. The van der Waals surface area contributed by atoms with Gasteiger partial charge in [0.2, 0.25) is 0 Å². The van der Waals surface area contributed by atoms with E-state index in [2.05, 4.69) is 59.7 Å². The number of nitriles is 1. The number of hydrogen-bond acceptors (Lipinski definition) is 4. The van der Waals surface area contributed by atoms with Gasteiger partial charge in [0, 0.05) is 24.6 Å². The van der Waals surface area contributed by atoms with Crippen molar-refractivity contribution in [1.29, 1.82) is 5.26 Å². The van der Waals surface area contributed by atoms with Gasteiger partial charge < -0.3 is 18.9 Å². The first-order chi connectivity index (χ1) is 19.7. The summed E-state index contributed by atoms with van der Waals surface area (Å²) in [7, 11) is 1.75. The van der Waals surface area contributed by atoms with Crippen LogP contribution in [0.5, 0.6) is 0 Å². The average molecular weight is 552 g/mol. The Hall–Kier alpha value is -2.03. The van der Waals surface area contributed by atoms with E-state index < -0.39 is 0 Å². The number of fused-ring (bicyclic) bond motifs is 1. The Morgan fingerprint density at radius 3 is 2.05 bits per heavy atom. The number of unbranched alkanes of at least 4 members (excludes halogenated alkanes) is 15. The molecule has 0 radical (unpaired) electrons. The van der Waals surface area contributed by atoms with Crippen molar-refractivity contribution >= 4 is 16.7 Å². The second-order valence-electron chi connectivity index (χ2n) is 12.0. The summed E-state index contributed by atoms with van der Waals surface area (Å²) in [6.07, 6.45) is 23.1. The molecule has 224 valence electrons. The lowest BCUT2D eigenvalue weighted by molar-refractivity contribution is -0.0753. The molecular weight excluding hydrogens is 494 g/mol. The molecule has 1 saturated heterocycles. The molecule has 5 heteroatoms. The Bertz CT molecular complexity index is 981. The van der Waals surface area contributed by atoms with E-state index in [0.717, 1.165) is 18.8 Å². The van der Waals surface area contributed by atoms with Crippen LogP contribution in [-0.4, -0.2) is 43.1 Å². The third-order valence-corrected chi connectivity index (χ3v) is 8.88. The highest BCUT2D eigenvalue weighted by molar-refractivity contribution is 5.85. The van der Waals surface area contributed by atoms with Crippen LogP contribution in [0.4, 0.5) is 5.82 Å². The molecule has 0 N–H and O–H groups in total. The first-order valence-corrected chi connectivity index (χ1v) is 16.6.